The molecule has 4 heterocycles. The smallest absolute Gasteiger partial charge is 0.244 e. The number of nitrogens with one attached hydrogen (secondary N) is 1. The Kier molecular flexibility index (Phi) is 4.13. The second kappa shape index (κ2) is 6.70. The molecule has 5 rings (SSSR count). The molecule has 0 amide bonds. The third-order valence-electron chi connectivity index (χ3n) is 5.65. The van der Waals surface area contributed by atoms with E-state index in [1.54, 1.807) is 16.1 Å². The van der Waals surface area contributed by atoms with Crippen molar-refractivity contribution in [3.05, 3.63) is 36.9 Å². The van der Waals surface area contributed by atoms with Crippen LogP contribution >= 0.6 is 0 Å². The van der Waals surface area contributed by atoms with Crippen LogP contribution < -0.4 is 10.1 Å². The molecule has 9 nitrogen and oxygen atoms in total. The summed E-state index contributed by atoms with van der Waals surface area (Å²) in [5.74, 6) is 1.03. The molecule has 0 bridgehead atoms. The van der Waals surface area contributed by atoms with Crippen LogP contribution in [0.25, 0.3) is 22.3 Å². The third-order valence-corrected chi connectivity index (χ3v) is 5.65. The molecule has 0 aromatic carbocycles. The fourth-order valence-electron chi connectivity index (χ4n) is 3.97. The largest absolute Gasteiger partial charge is 0.479 e. The molecule has 4 aromatic rings. The highest BCUT2D eigenvalue weighted by Gasteiger charge is 2.29. The number of methoxy groups -OCH3 is 1. The lowest BCUT2D eigenvalue weighted by atomic mass is 9.84. The number of fused-ring (bicyclic) bond motifs is 2. The normalized spacial score (nSPS) is 22.2. The van der Waals surface area contributed by atoms with Gasteiger partial charge in [0.05, 0.1) is 12.7 Å². The monoisotopic (exact) mass is 393 g/mol. The number of aromatic nitrogens is 6. The van der Waals surface area contributed by atoms with Crippen LogP contribution in [0.2, 0.25) is 0 Å². The molecule has 0 unspecified atom stereocenters. The molecule has 29 heavy (non-hydrogen) atoms. The van der Waals surface area contributed by atoms with E-state index in [1.807, 2.05) is 37.5 Å². The summed E-state index contributed by atoms with van der Waals surface area (Å²) in [6, 6.07) is 6.15. The van der Waals surface area contributed by atoms with Crippen molar-refractivity contribution in [2.24, 2.45) is 0 Å². The number of pyridine rings is 1. The van der Waals surface area contributed by atoms with Crippen molar-refractivity contribution in [3.8, 4) is 17.0 Å². The third kappa shape index (κ3) is 3.27. The van der Waals surface area contributed by atoms with Crippen LogP contribution in [0.3, 0.4) is 0 Å². The molecule has 9 heteroatoms. The summed E-state index contributed by atoms with van der Waals surface area (Å²) in [4.78, 5) is 8.78. The zero-order valence-electron chi connectivity index (χ0n) is 16.4. The van der Waals surface area contributed by atoms with E-state index in [1.165, 1.54) is 6.33 Å². The Bertz CT molecular complexity index is 1170. The fourth-order valence-corrected chi connectivity index (χ4v) is 3.97. The van der Waals surface area contributed by atoms with E-state index < -0.39 is 5.60 Å². The molecule has 1 saturated carbocycles. The van der Waals surface area contributed by atoms with Crippen LogP contribution in [0.15, 0.2) is 36.9 Å². The molecule has 1 aliphatic carbocycles. The van der Waals surface area contributed by atoms with E-state index in [4.69, 9.17) is 4.74 Å². The molecule has 0 aliphatic heterocycles. The summed E-state index contributed by atoms with van der Waals surface area (Å²) in [6.45, 7) is 1.90. The van der Waals surface area contributed by atoms with Crippen LogP contribution in [0.4, 0.5) is 5.95 Å². The highest BCUT2D eigenvalue weighted by atomic mass is 16.5. The van der Waals surface area contributed by atoms with Gasteiger partial charge in [-0.3, -0.25) is 0 Å². The number of nitrogens with zero attached hydrogens (tertiary/aromatic N) is 6. The Hall–Kier alpha value is -3.20. The van der Waals surface area contributed by atoms with Crippen molar-refractivity contribution in [2.45, 2.75) is 44.2 Å². The first-order chi connectivity index (χ1) is 14.0. The van der Waals surface area contributed by atoms with Gasteiger partial charge in [0.25, 0.3) is 0 Å². The van der Waals surface area contributed by atoms with Crippen LogP contribution in [0, 0.1) is 0 Å². The highest BCUT2D eigenvalue weighted by molar-refractivity contribution is 5.84. The number of rotatable bonds is 4. The molecule has 150 valence electrons. The van der Waals surface area contributed by atoms with E-state index in [-0.39, 0.29) is 6.04 Å². The maximum atomic E-state index is 10.2. The maximum absolute atomic E-state index is 10.2. The summed E-state index contributed by atoms with van der Waals surface area (Å²) in [7, 11) is 1.61. The lowest BCUT2D eigenvalue weighted by Gasteiger charge is -2.33. The summed E-state index contributed by atoms with van der Waals surface area (Å²) >= 11 is 0. The average molecular weight is 393 g/mol. The highest BCUT2D eigenvalue weighted by Crippen LogP contribution is 2.33. The number of anilines is 1. The maximum Gasteiger partial charge on any atom is 0.244 e. The first kappa shape index (κ1) is 17.9. The van der Waals surface area contributed by atoms with Gasteiger partial charge in [-0.25, -0.2) is 14.0 Å². The van der Waals surface area contributed by atoms with Gasteiger partial charge < -0.3 is 15.2 Å². The van der Waals surface area contributed by atoms with Crippen LogP contribution in [-0.2, 0) is 0 Å². The summed E-state index contributed by atoms with van der Waals surface area (Å²) in [5, 5.41) is 22.4. The van der Waals surface area contributed by atoms with Crippen LogP contribution in [-0.4, -0.2) is 53.1 Å². The van der Waals surface area contributed by atoms with Crippen molar-refractivity contribution in [1.29, 1.82) is 0 Å². The second-order valence-corrected chi connectivity index (χ2v) is 7.86. The van der Waals surface area contributed by atoms with E-state index in [2.05, 4.69) is 25.5 Å². The second-order valence-electron chi connectivity index (χ2n) is 7.86. The van der Waals surface area contributed by atoms with Gasteiger partial charge in [0.1, 0.15) is 11.8 Å². The first-order valence-corrected chi connectivity index (χ1v) is 9.74. The number of ether oxygens (including phenoxy) is 1. The van der Waals surface area contributed by atoms with Gasteiger partial charge in [0.15, 0.2) is 5.65 Å². The minimum absolute atomic E-state index is 0.238. The van der Waals surface area contributed by atoms with Crippen LogP contribution in [0.5, 0.6) is 5.88 Å². The van der Waals surface area contributed by atoms with E-state index in [0.717, 1.165) is 48.0 Å². The summed E-state index contributed by atoms with van der Waals surface area (Å²) in [6.07, 6.45) is 8.65. The Labute approximate surface area is 167 Å². The lowest BCUT2D eigenvalue weighted by Crippen LogP contribution is -2.36. The molecule has 1 aliphatic rings. The first-order valence-electron chi connectivity index (χ1n) is 9.74. The number of hydrogen-bond donors (Lipinski definition) is 2. The Balaban J connectivity index is 1.49. The molecule has 0 atom stereocenters. The van der Waals surface area contributed by atoms with E-state index in [0.29, 0.717) is 11.8 Å². The van der Waals surface area contributed by atoms with Crippen molar-refractivity contribution in [1.82, 2.24) is 29.2 Å². The van der Waals surface area contributed by atoms with E-state index in [9.17, 15) is 5.11 Å². The quantitative estimate of drug-likeness (QED) is 0.549. The molecular weight excluding hydrogens is 370 g/mol. The van der Waals surface area contributed by atoms with Gasteiger partial charge in [-0.1, -0.05) is 0 Å². The minimum Gasteiger partial charge on any atom is -0.479 e. The van der Waals surface area contributed by atoms with Crippen molar-refractivity contribution in [2.75, 3.05) is 12.4 Å². The topological polar surface area (TPSA) is 102 Å². The number of hydrogen-bond acceptors (Lipinski definition) is 7. The van der Waals surface area contributed by atoms with Gasteiger partial charge in [-0.2, -0.15) is 10.1 Å². The molecule has 0 spiro atoms. The zero-order chi connectivity index (χ0) is 20.0. The van der Waals surface area contributed by atoms with Gasteiger partial charge in [-0.05, 0) is 50.8 Å². The standard InChI is InChI=1S/C20H23N7O2/c1-20(28)8-5-14(6-9-20)23-19-24-18(29-2)17-15(7-10-26(17)25-19)13-3-4-16-21-12-22-27(16)11-13/h3-4,7,10-12,14,28H,5-6,8-9H2,1-2H3,(H,23,25)/t14-,20-. The van der Waals surface area contributed by atoms with Crippen molar-refractivity contribution >= 4 is 17.1 Å². The molecule has 0 radical (unpaired) electrons. The van der Waals surface area contributed by atoms with Crippen molar-refractivity contribution in [3.63, 3.8) is 0 Å². The molecular formula is C20H23N7O2. The van der Waals surface area contributed by atoms with Crippen molar-refractivity contribution < 1.29 is 9.84 Å². The number of aliphatic hydroxyl groups is 1. The molecule has 4 aromatic heterocycles. The zero-order valence-corrected chi connectivity index (χ0v) is 16.4. The minimum atomic E-state index is -0.568. The predicted molar refractivity (Wildman–Crippen MR) is 108 cm³/mol. The van der Waals surface area contributed by atoms with E-state index >= 15 is 0 Å². The van der Waals surface area contributed by atoms with Gasteiger partial charge in [-0.15, -0.1) is 5.10 Å². The van der Waals surface area contributed by atoms with Gasteiger partial charge in [0.2, 0.25) is 11.8 Å². The molecule has 0 saturated heterocycles. The molecule has 2 N–H and O–H groups in total. The average Bonchev–Trinajstić information content (AvgIpc) is 3.35. The van der Waals surface area contributed by atoms with Crippen LogP contribution in [0.1, 0.15) is 32.6 Å². The van der Waals surface area contributed by atoms with Gasteiger partial charge in [0, 0.05) is 29.6 Å². The molecule has 1 fully saturated rings. The SMILES string of the molecule is COc1nc(N[C@H]2CC[C@](C)(O)CC2)nn2ccc(-c3ccc4ncnn4c3)c12. The lowest BCUT2D eigenvalue weighted by molar-refractivity contribution is 0.0195. The Morgan fingerprint density at radius 3 is 2.83 bits per heavy atom. The fraction of sp³-hybridized carbons (Fsp3) is 0.400. The Morgan fingerprint density at radius 1 is 1.21 bits per heavy atom. The van der Waals surface area contributed by atoms with Gasteiger partial charge >= 0.3 is 0 Å². The Morgan fingerprint density at radius 2 is 2.03 bits per heavy atom. The summed E-state index contributed by atoms with van der Waals surface area (Å²) < 4.78 is 9.12. The predicted octanol–water partition coefficient (Wildman–Crippen LogP) is 2.55. The summed E-state index contributed by atoms with van der Waals surface area (Å²) in [5.41, 5.74) is 2.95.